The molecule has 0 amide bonds. The van der Waals surface area contributed by atoms with Crippen LogP contribution in [0.25, 0.3) is 10.9 Å². The Kier molecular flexibility index (Phi) is 6.43. The number of aromatic amines is 1. The van der Waals surface area contributed by atoms with Gasteiger partial charge in [0, 0.05) is 30.1 Å². The molecule has 0 spiro atoms. The van der Waals surface area contributed by atoms with Gasteiger partial charge in [0.05, 0.1) is 0 Å². The number of nitrogens with two attached hydrogens (primary N) is 1. The fourth-order valence-corrected chi connectivity index (χ4v) is 2.10. The number of carboxylic acids is 1. The van der Waals surface area contributed by atoms with Crippen molar-refractivity contribution in [3.63, 3.8) is 0 Å². The summed E-state index contributed by atoms with van der Waals surface area (Å²) in [6.45, 7) is 6.97. The molecule has 0 unspecified atom stereocenters. The molecule has 0 fully saturated rings. The van der Waals surface area contributed by atoms with Crippen molar-refractivity contribution in [2.24, 2.45) is 11.1 Å². The van der Waals surface area contributed by atoms with E-state index in [1.54, 1.807) is 0 Å². The standard InChI is InChI=1S/C9H10N2.C8H16O2/c10-6-7-2-1-3-9-8(7)4-5-11-9;1-8(2,3)6-4-5-7(9)10/h1-5,11H,6,10H2;4-6H2,1-3H3,(H,9,10). The van der Waals surface area contributed by atoms with Crippen molar-refractivity contribution in [3.8, 4) is 0 Å². The Morgan fingerprint density at radius 3 is 2.57 bits per heavy atom. The quantitative estimate of drug-likeness (QED) is 0.798. The molecule has 21 heavy (non-hydrogen) atoms. The molecule has 1 aromatic heterocycles. The number of nitrogens with one attached hydrogen (secondary N) is 1. The third-order valence-electron chi connectivity index (χ3n) is 3.22. The third-order valence-corrected chi connectivity index (χ3v) is 3.22. The van der Waals surface area contributed by atoms with Gasteiger partial charge in [-0.3, -0.25) is 4.79 Å². The second-order valence-electron chi connectivity index (χ2n) is 6.37. The maximum absolute atomic E-state index is 10.1. The van der Waals surface area contributed by atoms with Crippen LogP contribution in [0.2, 0.25) is 0 Å². The van der Waals surface area contributed by atoms with Crippen LogP contribution in [-0.4, -0.2) is 16.1 Å². The highest BCUT2D eigenvalue weighted by Gasteiger charge is 2.09. The molecular formula is C17H26N2O2. The molecule has 0 atom stereocenters. The van der Waals surface area contributed by atoms with Gasteiger partial charge in [-0.15, -0.1) is 0 Å². The number of fused-ring (bicyclic) bond motifs is 1. The second kappa shape index (κ2) is 7.84. The molecule has 2 aromatic rings. The fourth-order valence-electron chi connectivity index (χ4n) is 2.10. The molecule has 0 aliphatic heterocycles. The van der Waals surface area contributed by atoms with Crippen LogP contribution in [-0.2, 0) is 11.3 Å². The Bertz CT molecular complexity index is 567. The number of carboxylic acid groups (broad SMARTS) is 1. The number of hydrogen-bond acceptors (Lipinski definition) is 2. The van der Waals surface area contributed by atoms with Crippen LogP contribution in [0.5, 0.6) is 0 Å². The zero-order valence-electron chi connectivity index (χ0n) is 13.1. The Morgan fingerprint density at radius 1 is 1.29 bits per heavy atom. The van der Waals surface area contributed by atoms with E-state index in [4.69, 9.17) is 10.8 Å². The van der Waals surface area contributed by atoms with Gasteiger partial charge in [-0.05, 0) is 36.0 Å². The number of benzene rings is 1. The first-order valence-electron chi connectivity index (χ1n) is 7.30. The lowest BCUT2D eigenvalue weighted by atomic mass is 9.90. The van der Waals surface area contributed by atoms with Crippen molar-refractivity contribution in [3.05, 3.63) is 36.0 Å². The van der Waals surface area contributed by atoms with Gasteiger partial charge in [0.25, 0.3) is 0 Å². The van der Waals surface area contributed by atoms with E-state index in [9.17, 15) is 4.79 Å². The lowest BCUT2D eigenvalue weighted by Crippen LogP contribution is -2.05. The highest BCUT2D eigenvalue weighted by atomic mass is 16.4. The Morgan fingerprint density at radius 2 is 2.00 bits per heavy atom. The van der Waals surface area contributed by atoms with Crippen molar-refractivity contribution < 1.29 is 9.90 Å². The van der Waals surface area contributed by atoms with Gasteiger partial charge in [-0.25, -0.2) is 0 Å². The van der Waals surface area contributed by atoms with Gasteiger partial charge < -0.3 is 15.8 Å². The first-order valence-corrected chi connectivity index (χ1v) is 7.30. The second-order valence-corrected chi connectivity index (χ2v) is 6.37. The van der Waals surface area contributed by atoms with Crippen LogP contribution in [0.15, 0.2) is 30.5 Å². The van der Waals surface area contributed by atoms with Crippen LogP contribution in [0.1, 0.15) is 45.6 Å². The Balaban J connectivity index is 0.000000212. The summed E-state index contributed by atoms with van der Waals surface area (Å²) in [4.78, 5) is 13.2. The maximum Gasteiger partial charge on any atom is 0.303 e. The monoisotopic (exact) mass is 290 g/mol. The largest absolute Gasteiger partial charge is 0.481 e. The third kappa shape index (κ3) is 6.45. The van der Waals surface area contributed by atoms with E-state index in [2.05, 4.69) is 44.0 Å². The van der Waals surface area contributed by atoms with Gasteiger partial charge in [-0.1, -0.05) is 32.9 Å². The number of aliphatic carboxylic acids is 1. The number of H-pyrrole nitrogens is 1. The summed E-state index contributed by atoms with van der Waals surface area (Å²) in [6.07, 6.45) is 4.01. The van der Waals surface area contributed by atoms with E-state index < -0.39 is 5.97 Å². The number of hydrogen-bond donors (Lipinski definition) is 3. The van der Waals surface area contributed by atoms with Crippen molar-refractivity contribution >= 4 is 16.9 Å². The van der Waals surface area contributed by atoms with Crippen LogP contribution in [0.4, 0.5) is 0 Å². The minimum absolute atomic E-state index is 0.273. The van der Waals surface area contributed by atoms with Gasteiger partial charge in [-0.2, -0.15) is 0 Å². The smallest absolute Gasteiger partial charge is 0.303 e. The molecule has 2 rings (SSSR count). The molecule has 4 nitrogen and oxygen atoms in total. The van der Waals surface area contributed by atoms with Crippen molar-refractivity contribution in [2.75, 3.05) is 0 Å². The summed E-state index contributed by atoms with van der Waals surface area (Å²) in [5.41, 5.74) is 8.19. The fraction of sp³-hybridized carbons (Fsp3) is 0.471. The van der Waals surface area contributed by atoms with Crippen molar-refractivity contribution in [1.82, 2.24) is 4.98 Å². The van der Waals surface area contributed by atoms with Crippen molar-refractivity contribution in [2.45, 2.75) is 46.6 Å². The number of carbonyl (C=O) groups is 1. The first kappa shape index (κ1) is 17.2. The van der Waals surface area contributed by atoms with Gasteiger partial charge >= 0.3 is 5.97 Å². The SMILES string of the molecule is CC(C)(C)CCCC(=O)O.NCc1cccc2[nH]ccc12. The van der Waals surface area contributed by atoms with E-state index in [1.807, 2.05) is 12.3 Å². The predicted molar refractivity (Wildman–Crippen MR) is 87.1 cm³/mol. The molecule has 116 valence electrons. The minimum atomic E-state index is -0.691. The van der Waals surface area contributed by atoms with Crippen LogP contribution < -0.4 is 5.73 Å². The molecule has 0 bridgehead atoms. The molecule has 0 radical (unpaired) electrons. The normalized spacial score (nSPS) is 11.0. The number of aromatic nitrogens is 1. The number of rotatable bonds is 4. The average molecular weight is 290 g/mol. The van der Waals surface area contributed by atoms with Gasteiger partial charge in [0.15, 0.2) is 0 Å². The molecule has 4 N–H and O–H groups in total. The van der Waals surface area contributed by atoms with E-state index in [1.165, 1.54) is 10.9 Å². The first-order chi connectivity index (χ1) is 9.83. The topological polar surface area (TPSA) is 79.1 Å². The summed E-state index contributed by atoms with van der Waals surface area (Å²) < 4.78 is 0. The van der Waals surface area contributed by atoms with Crippen molar-refractivity contribution in [1.29, 1.82) is 0 Å². The molecule has 0 saturated carbocycles. The molecule has 0 aliphatic rings. The van der Waals surface area contributed by atoms with Crippen LogP contribution >= 0.6 is 0 Å². The van der Waals surface area contributed by atoms with E-state index in [-0.39, 0.29) is 5.41 Å². The lowest BCUT2D eigenvalue weighted by molar-refractivity contribution is -0.137. The molecule has 1 aromatic carbocycles. The molecular weight excluding hydrogens is 264 g/mol. The molecule has 1 heterocycles. The summed E-state index contributed by atoms with van der Waals surface area (Å²) in [5.74, 6) is -0.691. The highest BCUT2D eigenvalue weighted by molar-refractivity contribution is 5.82. The molecule has 4 heteroatoms. The Labute approximate surface area is 126 Å². The zero-order chi connectivity index (χ0) is 15.9. The Hall–Kier alpha value is -1.81. The van der Waals surface area contributed by atoms with E-state index in [0.29, 0.717) is 13.0 Å². The maximum atomic E-state index is 10.1. The van der Waals surface area contributed by atoms with Gasteiger partial charge in [0.1, 0.15) is 0 Å². The van der Waals surface area contributed by atoms with Crippen LogP contribution in [0.3, 0.4) is 0 Å². The minimum Gasteiger partial charge on any atom is -0.481 e. The molecule has 0 aliphatic carbocycles. The lowest BCUT2D eigenvalue weighted by Gasteiger charge is -2.16. The average Bonchev–Trinajstić information content (AvgIpc) is 2.85. The predicted octanol–water partition coefficient (Wildman–Crippen LogP) is 3.91. The summed E-state index contributed by atoms with van der Waals surface area (Å²) in [5, 5.41) is 9.54. The van der Waals surface area contributed by atoms with Crippen LogP contribution in [0, 0.1) is 5.41 Å². The zero-order valence-corrected chi connectivity index (χ0v) is 13.1. The summed E-state index contributed by atoms with van der Waals surface area (Å²) >= 11 is 0. The van der Waals surface area contributed by atoms with E-state index >= 15 is 0 Å². The highest BCUT2D eigenvalue weighted by Crippen LogP contribution is 2.21. The van der Waals surface area contributed by atoms with Gasteiger partial charge in [0.2, 0.25) is 0 Å². The summed E-state index contributed by atoms with van der Waals surface area (Å²) in [7, 11) is 0. The summed E-state index contributed by atoms with van der Waals surface area (Å²) in [6, 6.07) is 8.17. The molecule has 0 saturated heterocycles. The van der Waals surface area contributed by atoms with E-state index in [0.717, 1.165) is 18.4 Å².